The average molecular weight is 145 g/mol. The summed E-state index contributed by atoms with van der Waals surface area (Å²) < 4.78 is 0. The SMILES string of the molecule is CCC1=CCc2ncccc21. The summed E-state index contributed by atoms with van der Waals surface area (Å²) in [7, 11) is 0. The van der Waals surface area contributed by atoms with Crippen molar-refractivity contribution >= 4 is 5.57 Å². The molecule has 2 rings (SSSR count). The van der Waals surface area contributed by atoms with Crippen LogP contribution in [0.5, 0.6) is 0 Å². The van der Waals surface area contributed by atoms with Crippen molar-refractivity contribution < 1.29 is 0 Å². The molecule has 1 aliphatic rings. The summed E-state index contributed by atoms with van der Waals surface area (Å²) >= 11 is 0. The smallest absolute Gasteiger partial charge is 0.0516 e. The molecule has 1 aromatic heterocycles. The summed E-state index contributed by atoms with van der Waals surface area (Å²) in [5.74, 6) is 0. The molecule has 0 aliphatic heterocycles. The fourth-order valence-electron chi connectivity index (χ4n) is 1.56. The third-order valence-corrected chi connectivity index (χ3v) is 2.16. The van der Waals surface area contributed by atoms with E-state index in [0.29, 0.717) is 0 Å². The number of pyridine rings is 1. The van der Waals surface area contributed by atoms with Gasteiger partial charge in [-0.1, -0.05) is 19.1 Å². The standard InChI is InChI=1S/C10H11N/c1-2-8-5-6-10-9(8)4-3-7-11-10/h3-5,7H,2,6H2,1H3. The molecule has 56 valence electrons. The summed E-state index contributed by atoms with van der Waals surface area (Å²) in [6.45, 7) is 2.19. The number of hydrogen-bond donors (Lipinski definition) is 0. The van der Waals surface area contributed by atoms with Gasteiger partial charge in [-0.25, -0.2) is 0 Å². The lowest BCUT2D eigenvalue weighted by Gasteiger charge is -1.99. The Bertz CT molecular complexity index is 299. The molecule has 0 radical (unpaired) electrons. The molecule has 11 heavy (non-hydrogen) atoms. The Balaban J connectivity index is 2.48. The van der Waals surface area contributed by atoms with Crippen LogP contribution in [-0.2, 0) is 6.42 Å². The van der Waals surface area contributed by atoms with E-state index in [1.165, 1.54) is 16.8 Å². The number of hydrogen-bond acceptors (Lipinski definition) is 1. The number of rotatable bonds is 1. The molecule has 0 saturated carbocycles. The van der Waals surface area contributed by atoms with Crippen LogP contribution in [0.25, 0.3) is 5.57 Å². The van der Waals surface area contributed by atoms with Crippen LogP contribution < -0.4 is 0 Å². The lowest BCUT2D eigenvalue weighted by molar-refractivity contribution is 1.13. The van der Waals surface area contributed by atoms with Crippen molar-refractivity contribution in [1.82, 2.24) is 4.98 Å². The fourth-order valence-corrected chi connectivity index (χ4v) is 1.56. The van der Waals surface area contributed by atoms with Gasteiger partial charge in [0.2, 0.25) is 0 Å². The first-order valence-corrected chi connectivity index (χ1v) is 4.05. The van der Waals surface area contributed by atoms with E-state index < -0.39 is 0 Å². The fraction of sp³-hybridized carbons (Fsp3) is 0.300. The summed E-state index contributed by atoms with van der Waals surface area (Å²) in [5, 5.41) is 0. The monoisotopic (exact) mass is 145 g/mol. The molecule has 0 saturated heterocycles. The van der Waals surface area contributed by atoms with Crippen molar-refractivity contribution in [2.24, 2.45) is 0 Å². The summed E-state index contributed by atoms with van der Waals surface area (Å²) in [6.07, 6.45) is 6.29. The van der Waals surface area contributed by atoms with Gasteiger partial charge >= 0.3 is 0 Å². The van der Waals surface area contributed by atoms with E-state index in [9.17, 15) is 0 Å². The predicted octanol–water partition coefficient (Wildman–Crippen LogP) is 2.43. The van der Waals surface area contributed by atoms with E-state index in [0.717, 1.165) is 12.8 Å². The highest BCUT2D eigenvalue weighted by Crippen LogP contribution is 2.27. The van der Waals surface area contributed by atoms with E-state index in [2.05, 4.69) is 24.1 Å². The lowest BCUT2D eigenvalue weighted by Crippen LogP contribution is -1.86. The van der Waals surface area contributed by atoms with E-state index in [4.69, 9.17) is 0 Å². The van der Waals surface area contributed by atoms with Crippen LogP contribution in [-0.4, -0.2) is 4.98 Å². The second-order valence-electron chi connectivity index (χ2n) is 2.78. The summed E-state index contributed by atoms with van der Waals surface area (Å²) in [5.41, 5.74) is 4.05. The number of fused-ring (bicyclic) bond motifs is 1. The highest BCUT2D eigenvalue weighted by Gasteiger charge is 2.11. The van der Waals surface area contributed by atoms with Crippen LogP contribution in [0.15, 0.2) is 24.4 Å². The zero-order chi connectivity index (χ0) is 7.68. The van der Waals surface area contributed by atoms with E-state index >= 15 is 0 Å². The van der Waals surface area contributed by atoms with Gasteiger partial charge in [-0.3, -0.25) is 4.98 Å². The number of aromatic nitrogens is 1. The van der Waals surface area contributed by atoms with Crippen LogP contribution in [0.3, 0.4) is 0 Å². The molecular weight excluding hydrogens is 134 g/mol. The van der Waals surface area contributed by atoms with Gasteiger partial charge in [0, 0.05) is 12.6 Å². The molecule has 1 aromatic rings. The van der Waals surface area contributed by atoms with Crippen LogP contribution >= 0.6 is 0 Å². The highest BCUT2D eigenvalue weighted by molar-refractivity contribution is 5.71. The number of nitrogens with zero attached hydrogens (tertiary/aromatic N) is 1. The van der Waals surface area contributed by atoms with Crippen molar-refractivity contribution in [3.05, 3.63) is 35.7 Å². The molecule has 0 amide bonds. The van der Waals surface area contributed by atoms with Crippen molar-refractivity contribution in [2.45, 2.75) is 19.8 Å². The first-order valence-electron chi connectivity index (χ1n) is 4.05. The van der Waals surface area contributed by atoms with Crippen molar-refractivity contribution in [3.8, 4) is 0 Å². The zero-order valence-electron chi connectivity index (χ0n) is 6.67. The minimum atomic E-state index is 1.03. The van der Waals surface area contributed by atoms with E-state index in [1.54, 1.807) is 0 Å². The number of allylic oxidation sites excluding steroid dienone is 2. The molecule has 1 heterocycles. The van der Waals surface area contributed by atoms with Gasteiger partial charge in [0.15, 0.2) is 0 Å². The van der Waals surface area contributed by atoms with Gasteiger partial charge in [0.25, 0.3) is 0 Å². The molecular formula is C10H11N. The van der Waals surface area contributed by atoms with Gasteiger partial charge < -0.3 is 0 Å². The molecule has 0 bridgehead atoms. The second kappa shape index (κ2) is 2.50. The van der Waals surface area contributed by atoms with Gasteiger partial charge in [-0.2, -0.15) is 0 Å². The predicted molar refractivity (Wildman–Crippen MR) is 46.2 cm³/mol. The second-order valence-corrected chi connectivity index (χ2v) is 2.78. The molecule has 0 fully saturated rings. The van der Waals surface area contributed by atoms with Crippen LogP contribution in [0, 0.1) is 0 Å². The van der Waals surface area contributed by atoms with Crippen molar-refractivity contribution in [1.29, 1.82) is 0 Å². The minimum Gasteiger partial charge on any atom is -0.260 e. The molecule has 0 spiro atoms. The van der Waals surface area contributed by atoms with Gasteiger partial charge in [0.1, 0.15) is 0 Å². The van der Waals surface area contributed by atoms with Gasteiger partial charge in [0.05, 0.1) is 5.69 Å². The first-order chi connectivity index (χ1) is 5.42. The molecule has 0 atom stereocenters. The van der Waals surface area contributed by atoms with Gasteiger partial charge in [-0.15, -0.1) is 0 Å². The van der Waals surface area contributed by atoms with Crippen LogP contribution in [0.1, 0.15) is 24.6 Å². The largest absolute Gasteiger partial charge is 0.260 e. The first kappa shape index (κ1) is 6.59. The lowest BCUT2D eigenvalue weighted by atomic mass is 10.1. The maximum atomic E-state index is 4.31. The third kappa shape index (κ3) is 0.967. The Kier molecular flexibility index (Phi) is 1.50. The normalized spacial score (nSPS) is 14.5. The van der Waals surface area contributed by atoms with Crippen LogP contribution in [0.4, 0.5) is 0 Å². The highest BCUT2D eigenvalue weighted by atomic mass is 14.7. The topological polar surface area (TPSA) is 12.9 Å². The Labute approximate surface area is 66.8 Å². The van der Waals surface area contributed by atoms with Gasteiger partial charge in [-0.05, 0) is 23.6 Å². The third-order valence-electron chi connectivity index (χ3n) is 2.16. The zero-order valence-corrected chi connectivity index (χ0v) is 6.67. The Morgan fingerprint density at radius 2 is 2.45 bits per heavy atom. The van der Waals surface area contributed by atoms with E-state index in [-0.39, 0.29) is 0 Å². The maximum Gasteiger partial charge on any atom is 0.0516 e. The summed E-state index contributed by atoms with van der Waals surface area (Å²) in [4.78, 5) is 4.31. The maximum absolute atomic E-state index is 4.31. The Morgan fingerprint density at radius 3 is 3.27 bits per heavy atom. The van der Waals surface area contributed by atoms with Crippen molar-refractivity contribution in [2.75, 3.05) is 0 Å². The molecule has 1 heteroatoms. The molecule has 1 nitrogen and oxygen atoms in total. The minimum absolute atomic E-state index is 1.03. The molecule has 0 aromatic carbocycles. The van der Waals surface area contributed by atoms with Crippen molar-refractivity contribution in [3.63, 3.8) is 0 Å². The Morgan fingerprint density at radius 1 is 1.55 bits per heavy atom. The molecule has 0 N–H and O–H groups in total. The molecule has 1 aliphatic carbocycles. The van der Waals surface area contributed by atoms with E-state index in [1.807, 2.05) is 12.3 Å². The summed E-state index contributed by atoms with van der Waals surface area (Å²) in [6, 6.07) is 4.16. The Hall–Kier alpha value is -1.11. The average Bonchev–Trinajstić information content (AvgIpc) is 2.47. The van der Waals surface area contributed by atoms with Crippen LogP contribution in [0.2, 0.25) is 0 Å². The quantitative estimate of drug-likeness (QED) is 0.591. The molecule has 0 unspecified atom stereocenters.